The molecule has 5 heteroatoms. The highest BCUT2D eigenvalue weighted by Gasteiger charge is 2.15. The van der Waals surface area contributed by atoms with Crippen LogP contribution >= 0.6 is 11.6 Å². The van der Waals surface area contributed by atoms with Gasteiger partial charge in [0.25, 0.3) is 5.91 Å². The predicted octanol–water partition coefficient (Wildman–Crippen LogP) is 2.28. The maximum absolute atomic E-state index is 12.1. The fraction of sp³-hybridized carbons (Fsp3) is 0.538. The van der Waals surface area contributed by atoms with Crippen LogP contribution in [0.2, 0.25) is 5.02 Å². The Morgan fingerprint density at radius 3 is 2.78 bits per heavy atom. The number of aliphatic hydroxyl groups excluding tert-OH is 1. The number of aromatic nitrogens is 1. The lowest BCUT2D eigenvalue weighted by molar-refractivity contribution is 0.0792. The van der Waals surface area contributed by atoms with Crippen LogP contribution in [-0.4, -0.2) is 41.1 Å². The molecule has 1 aromatic rings. The number of rotatable bonds is 6. The summed E-state index contributed by atoms with van der Waals surface area (Å²) in [7, 11) is 1.75. The molecule has 0 atom stereocenters. The largest absolute Gasteiger partial charge is 0.396 e. The molecule has 0 fully saturated rings. The summed E-state index contributed by atoms with van der Waals surface area (Å²) in [5, 5.41) is 9.11. The number of hydrogen-bond acceptors (Lipinski definition) is 3. The van der Waals surface area contributed by atoms with Crippen molar-refractivity contribution in [3.63, 3.8) is 0 Å². The van der Waals surface area contributed by atoms with Gasteiger partial charge in [-0.15, -0.1) is 0 Å². The Labute approximate surface area is 113 Å². The summed E-state index contributed by atoms with van der Waals surface area (Å²) < 4.78 is 0. The van der Waals surface area contributed by atoms with Crippen LogP contribution in [0.15, 0.2) is 12.3 Å². The zero-order valence-corrected chi connectivity index (χ0v) is 11.6. The zero-order valence-electron chi connectivity index (χ0n) is 10.8. The van der Waals surface area contributed by atoms with Gasteiger partial charge in [-0.05, 0) is 32.3 Å². The first-order valence-electron chi connectivity index (χ1n) is 6.04. The highest BCUT2D eigenvalue weighted by atomic mass is 35.5. The molecule has 0 spiro atoms. The first-order chi connectivity index (χ1) is 8.56. The summed E-state index contributed by atoms with van der Waals surface area (Å²) in [5.74, 6) is -0.114. The Bertz CT molecular complexity index is 410. The highest BCUT2D eigenvalue weighted by Crippen LogP contribution is 2.17. The first-order valence-corrected chi connectivity index (χ1v) is 6.42. The number of carbonyl (C=O) groups is 1. The number of amides is 1. The second-order valence-electron chi connectivity index (χ2n) is 4.32. The van der Waals surface area contributed by atoms with Crippen molar-refractivity contribution in [1.82, 2.24) is 9.88 Å². The minimum absolute atomic E-state index is 0.114. The van der Waals surface area contributed by atoms with Crippen LogP contribution in [-0.2, 0) is 0 Å². The molecule has 0 saturated carbocycles. The summed E-state index contributed by atoms with van der Waals surface area (Å²) in [6.45, 7) is 2.69. The molecule has 100 valence electrons. The normalized spacial score (nSPS) is 10.4. The highest BCUT2D eigenvalue weighted by molar-refractivity contribution is 6.33. The number of halogens is 1. The summed E-state index contributed by atoms with van der Waals surface area (Å²) in [4.78, 5) is 17.8. The minimum atomic E-state index is -0.114. The van der Waals surface area contributed by atoms with Crippen LogP contribution in [0.3, 0.4) is 0 Å². The maximum atomic E-state index is 12.1. The number of carbonyl (C=O) groups excluding carboxylic acids is 1. The van der Waals surface area contributed by atoms with Gasteiger partial charge in [0.05, 0.1) is 10.6 Å². The Balaban J connectivity index is 2.57. The molecule has 1 rings (SSSR count). The van der Waals surface area contributed by atoms with Crippen LogP contribution < -0.4 is 0 Å². The van der Waals surface area contributed by atoms with Gasteiger partial charge in [-0.1, -0.05) is 11.6 Å². The summed E-state index contributed by atoms with van der Waals surface area (Å²) in [6.07, 6.45) is 4.08. The number of aryl methyl sites for hydroxylation is 1. The maximum Gasteiger partial charge on any atom is 0.256 e. The lowest BCUT2D eigenvalue weighted by Crippen LogP contribution is -2.28. The fourth-order valence-electron chi connectivity index (χ4n) is 1.63. The molecule has 18 heavy (non-hydrogen) atoms. The van der Waals surface area contributed by atoms with Crippen molar-refractivity contribution in [2.75, 3.05) is 20.2 Å². The Morgan fingerprint density at radius 2 is 2.17 bits per heavy atom. The summed E-state index contributed by atoms with van der Waals surface area (Å²) in [5.41, 5.74) is 1.23. The summed E-state index contributed by atoms with van der Waals surface area (Å²) in [6, 6.07) is 1.69. The lowest BCUT2D eigenvalue weighted by Gasteiger charge is -2.17. The number of aliphatic hydroxyl groups is 1. The Morgan fingerprint density at radius 1 is 1.44 bits per heavy atom. The minimum Gasteiger partial charge on any atom is -0.396 e. The topological polar surface area (TPSA) is 53.4 Å². The van der Waals surface area contributed by atoms with Crippen molar-refractivity contribution in [3.05, 3.63) is 28.5 Å². The van der Waals surface area contributed by atoms with Gasteiger partial charge in [0, 0.05) is 32.1 Å². The van der Waals surface area contributed by atoms with Crippen molar-refractivity contribution in [1.29, 1.82) is 0 Å². The van der Waals surface area contributed by atoms with E-state index in [-0.39, 0.29) is 12.5 Å². The van der Waals surface area contributed by atoms with Gasteiger partial charge in [0.1, 0.15) is 0 Å². The fourth-order valence-corrected chi connectivity index (χ4v) is 1.92. The van der Waals surface area contributed by atoms with Crippen LogP contribution in [0.5, 0.6) is 0 Å². The third kappa shape index (κ3) is 4.27. The third-order valence-corrected chi connectivity index (χ3v) is 3.03. The Kier molecular flexibility index (Phi) is 6.09. The van der Waals surface area contributed by atoms with Crippen molar-refractivity contribution < 1.29 is 9.90 Å². The molecule has 0 aliphatic carbocycles. The van der Waals surface area contributed by atoms with E-state index in [9.17, 15) is 4.79 Å². The average Bonchev–Trinajstić information content (AvgIpc) is 2.33. The van der Waals surface area contributed by atoms with E-state index >= 15 is 0 Å². The molecule has 0 aliphatic heterocycles. The van der Waals surface area contributed by atoms with Crippen LogP contribution in [0.25, 0.3) is 0 Å². The molecule has 4 nitrogen and oxygen atoms in total. The molecular formula is C13H19ClN2O2. The molecular weight excluding hydrogens is 252 g/mol. The molecule has 0 unspecified atom stereocenters. The van der Waals surface area contributed by atoms with Crippen molar-refractivity contribution >= 4 is 17.5 Å². The van der Waals surface area contributed by atoms with E-state index < -0.39 is 0 Å². The van der Waals surface area contributed by atoms with E-state index in [0.717, 1.165) is 25.0 Å². The van der Waals surface area contributed by atoms with Crippen LogP contribution in [0.4, 0.5) is 0 Å². The van der Waals surface area contributed by atoms with Gasteiger partial charge in [-0.25, -0.2) is 0 Å². The number of hydrogen-bond donors (Lipinski definition) is 1. The van der Waals surface area contributed by atoms with Gasteiger partial charge < -0.3 is 10.0 Å². The molecule has 1 heterocycles. The second-order valence-corrected chi connectivity index (χ2v) is 4.72. The zero-order chi connectivity index (χ0) is 13.5. The van der Waals surface area contributed by atoms with E-state index in [2.05, 4.69) is 4.98 Å². The predicted molar refractivity (Wildman–Crippen MR) is 71.9 cm³/mol. The van der Waals surface area contributed by atoms with Gasteiger partial charge in [-0.3, -0.25) is 9.78 Å². The molecule has 1 aromatic heterocycles. The number of unbranched alkanes of at least 4 members (excludes halogenated alkanes) is 2. The Hall–Kier alpha value is -1.13. The van der Waals surface area contributed by atoms with Crippen LogP contribution in [0, 0.1) is 6.92 Å². The molecule has 0 saturated heterocycles. The third-order valence-electron chi connectivity index (χ3n) is 2.72. The molecule has 0 bridgehead atoms. The van der Waals surface area contributed by atoms with E-state index in [0.29, 0.717) is 17.1 Å². The van der Waals surface area contributed by atoms with Gasteiger partial charge in [0.2, 0.25) is 0 Å². The number of nitrogens with zero attached hydrogens (tertiary/aromatic N) is 2. The molecule has 0 radical (unpaired) electrons. The standard InChI is InChI=1S/C13H19ClN2O2/c1-10-8-12(14)11(9-15-10)13(18)16(2)6-4-3-5-7-17/h8-9,17H,3-7H2,1-2H3. The van der Waals surface area contributed by atoms with E-state index in [1.54, 1.807) is 18.0 Å². The van der Waals surface area contributed by atoms with Gasteiger partial charge in [-0.2, -0.15) is 0 Å². The lowest BCUT2D eigenvalue weighted by atomic mass is 10.2. The van der Waals surface area contributed by atoms with Gasteiger partial charge in [0.15, 0.2) is 0 Å². The van der Waals surface area contributed by atoms with Crippen molar-refractivity contribution in [2.24, 2.45) is 0 Å². The van der Waals surface area contributed by atoms with Crippen molar-refractivity contribution in [2.45, 2.75) is 26.2 Å². The first kappa shape index (κ1) is 14.9. The number of pyridine rings is 1. The molecule has 0 aliphatic rings. The SMILES string of the molecule is Cc1cc(Cl)c(C(=O)N(C)CCCCCO)cn1. The van der Waals surface area contributed by atoms with E-state index in [1.807, 2.05) is 6.92 Å². The van der Waals surface area contributed by atoms with Crippen molar-refractivity contribution in [3.8, 4) is 0 Å². The van der Waals surface area contributed by atoms with Crippen LogP contribution in [0.1, 0.15) is 35.3 Å². The summed E-state index contributed by atoms with van der Waals surface area (Å²) >= 11 is 6.03. The van der Waals surface area contributed by atoms with E-state index in [4.69, 9.17) is 16.7 Å². The monoisotopic (exact) mass is 270 g/mol. The molecule has 0 aromatic carbocycles. The second kappa shape index (κ2) is 7.34. The van der Waals surface area contributed by atoms with E-state index in [1.165, 1.54) is 6.20 Å². The molecule has 1 N–H and O–H groups in total. The average molecular weight is 271 g/mol. The van der Waals surface area contributed by atoms with Gasteiger partial charge >= 0.3 is 0 Å². The quantitative estimate of drug-likeness (QED) is 0.807. The molecule has 1 amide bonds. The smallest absolute Gasteiger partial charge is 0.256 e.